The number of nitrogens with zero attached hydrogens (tertiary/aromatic N) is 4. The van der Waals surface area contributed by atoms with Crippen molar-refractivity contribution in [2.24, 2.45) is 0 Å². The lowest BCUT2D eigenvalue weighted by molar-refractivity contribution is 0.0595. The molecule has 0 bridgehead atoms. The summed E-state index contributed by atoms with van der Waals surface area (Å²) in [5.41, 5.74) is 8.54. The summed E-state index contributed by atoms with van der Waals surface area (Å²) < 4.78 is 12.7. The van der Waals surface area contributed by atoms with E-state index in [9.17, 15) is 24.0 Å². The minimum absolute atomic E-state index is 0.117. The summed E-state index contributed by atoms with van der Waals surface area (Å²) in [6.07, 6.45) is -0.922. The number of aryl methyl sites for hydroxylation is 2. The number of ether oxygens (including phenoxy) is 1. The molecule has 11 nitrogen and oxygen atoms in total. The highest BCUT2D eigenvalue weighted by Crippen LogP contribution is 2.31. The number of rotatable bonds is 2. The largest absolute Gasteiger partial charge is 0.449 e. The van der Waals surface area contributed by atoms with E-state index in [-0.39, 0.29) is 29.5 Å². The van der Waals surface area contributed by atoms with E-state index in [1.54, 1.807) is 49.4 Å². The second-order valence-corrected chi connectivity index (χ2v) is 9.98. The quantitative estimate of drug-likeness (QED) is 0.333. The zero-order valence-electron chi connectivity index (χ0n) is 21.6. The number of benzene rings is 2. The summed E-state index contributed by atoms with van der Waals surface area (Å²) in [4.78, 5) is 60.8. The Morgan fingerprint density at radius 1 is 0.775 bits per heavy atom. The van der Waals surface area contributed by atoms with Crippen molar-refractivity contribution in [2.45, 2.75) is 20.8 Å². The Bertz CT molecular complexity index is 1540. The SMILES string of the molecule is CCOC(=O)N1C(=O)c2ccccc2C1=O.Cc1cc(N)sn1.Cc1cc(N2C(=O)c3ccccc3C2=O)sn1. The number of aromatic nitrogens is 2. The Balaban J connectivity index is 0.000000150. The summed E-state index contributed by atoms with van der Waals surface area (Å²) in [6, 6.07) is 16.7. The van der Waals surface area contributed by atoms with E-state index < -0.39 is 17.9 Å². The van der Waals surface area contributed by atoms with Gasteiger partial charge in [0.05, 0.1) is 40.2 Å². The highest BCUT2D eigenvalue weighted by Gasteiger charge is 2.40. The molecule has 2 aromatic heterocycles. The molecule has 0 saturated carbocycles. The van der Waals surface area contributed by atoms with Gasteiger partial charge in [0.25, 0.3) is 23.6 Å². The van der Waals surface area contributed by atoms with Crippen LogP contribution in [0.4, 0.5) is 14.8 Å². The lowest BCUT2D eigenvalue weighted by atomic mass is 10.1. The van der Waals surface area contributed by atoms with Crippen LogP contribution >= 0.6 is 23.1 Å². The van der Waals surface area contributed by atoms with Crippen LogP contribution in [0.5, 0.6) is 0 Å². The zero-order valence-corrected chi connectivity index (χ0v) is 23.2. The van der Waals surface area contributed by atoms with Crippen LogP contribution in [0.25, 0.3) is 0 Å². The van der Waals surface area contributed by atoms with Gasteiger partial charge >= 0.3 is 6.09 Å². The monoisotopic (exact) mass is 577 g/mol. The molecule has 2 N–H and O–H groups in total. The van der Waals surface area contributed by atoms with Crippen molar-refractivity contribution in [1.82, 2.24) is 13.6 Å². The Morgan fingerprint density at radius 3 is 1.57 bits per heavy atom. The van der Waals surface area contributed by atoms with Crippen LogP contribution in [0, 0.1) is 13.8 Å². The smallest absolute Gasteiger partial charge is 0.424 e. The number of hydrogen-bond acceptors (Lipinski definition) is 11. The van der Waals surface area contributed by atoms with Gasteiger partial charge in [-0.15, -0.1) is 0 Å². The van der Waals surface area contributed by atoms with Crippen molar-refractivity contribution in [2.75, 3.05) is 17.2 Å². The molecule has 2 aromatic carbocycles. The van der Waals surface area contributed by atoms with Gasteiger partial charge in [-0.3, -0.25) is 19.2 Å². The van der Waals surface area contributed by atoms with Crippen LogP contribution in [0.3, 0.4) is 0 Å². The molecule has 0 radical (unpaired) electrons. The number of imide groups is 4. The number of amides is 5. The van der Waals surface area contributed by atoms with E-state index in [0.717, 1.165) is 27.9 Å². The molecule has 13 heteroatoms. The fraction of sp³-hybridized carbons (Fsp3) is 0.148. The molecule has 0 spiro atoms. The Kier molecular flexibility index (Phi) is 8.46. The van der Waals surface area contributed by atoms with Crippen molar-refractivity contribution in [3.63, 3.8) is 0 Å². The lowest BCUT2D eigenvalue weighted by Gasteiger charge is -2.10. The van der Waals surface area contributed by atoms with Crippen molar-refractivity contribution >= 4 is 62.8 Å². The fourth-order valence-electron chi connectivity index (χ4n) is 3.77. The van der Waals surface area contributed by atoms with E-state index in [1.807, 2.05) is 19.9 Å². The van der Waals surface area contributed by atoms with E-state index in [1.165, 1.54) is 28.6 Å². The topological polar surface area (TPSA) is 153 Å². The molecule has 40 heavy (non-hydrogen) atoms. The van der Waals surface area contributed by atoms with Crippen LogP contribution in [0.2, 0.25) is 0 Å². The molecule has 5 amide bonds. The van der Waals surface area contributed by atoms with Crippen LogP contribution < -0.4 is 10.6 Å². The van der Waals surface area contributed by atoms with Gasteiger partial charge in [-0.25, -0.2) is 9.69 Å². The average molecular weight is 578 g/mol. The van der Waals surface area contributed by atoms with E-state index >= 15 is 0 Å². The molecule has 4 aromatic rings. The third kappa shape index (κ3) is 5.65. The minimum Gasteiger partial charge on any atom is -0.449 e. The third-order valence-corrected chi connectivity index (χ3v) is 7.10. The van der Waals surface area contributed by atoms with Gasteiger partial charge in [0.2, 0.25) is 0 Å². The maximum atomic E-state index is 12.1. The van der Waals surface area contributed by atoms with Gasteiger partial charge < -0.3 is 10.5 Å². The molecule has 2 aliphatic heterocycles. The number of carbonyl (C=O) groups is 5. The average Bonchev–Trinajstić information content (AvgIpc) is 3.67. The molecule has 0 saturated heterocycles. The molecule has 4 heterocycles. The molecule has 0 atom stereocenters. The van der Waals surface area contributed by atoms with Crippen LogP contribution in [-0.4, -0.2) is 50.0 Å². The summed E-state index contributed by atoms with van der Waals surface area (Å²) in [5, 5.41) is 1.37. The number of fused-ring (bicyclic) bond motifs is 2. The van der Waals surface area contributed by atoms with Crippen molar-refractivity contribution in [3.05, 3.63) is 94.3 Å². The number of nitrogens with two attached hydrogens (primary N) is 1. The molecule has 204 valence electrons. The summed E-state index contributed by atoms with van der Waals surface area (Å²) in [6.45, 7) is 5.48. The Labute approximate surface area is 237 Å². The van der Waals surface area contributed by atoms with Crippen LogP contribution in [0.15, 0.2) is 60.7 Å². The summed E-state index contributed by atoms with van der Waals surface area (Å²) in [5.74, 6) is -1.79. The number of anilines is 2. The summed E-state index contributed by atoms with van der Waals surface area (Å²) >= 11 is 2.49. The second-order valence-electron chi connectivity index (χ2n) is 8.36. The highest BCUT2D eigenvalue weighted by molar-refractivity contribution is 7.10. The lowest BCUT2D eigenvalue weighted by Crippen LogP contribution is -2.36. The first-order valence-corrected chi connectivity index (χ1v) is 13.4. The van der Waals surface area contributed by atoms with Gasteiger partial charge in [-0.1, -0.05) is 24.3 Å². The number of carbonyl (C=O) groups excluding carboxylic acids is 5. The molecule has 0 fully saturated rings. The molecular formula is C27H23N5O6S2. The highest BCUT2D eigenvalue weighted by atomic mass is 32.1. The van der Waals surface area contributed by atoms with E-state index in [2.05, 4.69) is 13.5 Å². The summed E-state index contributed by atoms with van der Waals surface area (Å²) in [7, 11) is 0. The van der Waals surface area contributed by atoms with Gasteiger partial charge in [0.1, 0.15) is 10.0 Å². The predicted octanol–water partition coefficient (Wildman–Crippen LogP) is 4.72. The van der Waals surface area contributed by atoms with Gasteiger partial charge in [0, 0.05) is 0 Å². The van der Waals surface area contributed by atoms with E-state index in [0.29, 0.717) is 21.0 Å². The second kappa shape index (κ2) is 12.0. The predicted molar refractivity (Wildman–Crippen MR) is 150 cm³/mol. The van der Waals surface area contributed by atoms with Crippen molar-refractivity contribution in [1.29, 1.82) is 0 Å². The van der Waals surface area contributed by atoms with Crippen molar-refractivity contribution in [3.8, 4) is 0 Å². The minimum atomic E-state index is -0.922. The molecule has 2 aliphatic rings. The molecular weight excluding hydrogens is 554 g/mol. The third-order valence-electron chi connectivity index (χ3n) is 5.52. The number of hydrogen-bond donors (Lipinski definition) is 1. The first-order valence-electron chi connectivity index (χ1n) is 11.9. The van der Waals surface area contributed by atoms with Crippen molar-refractivity contribution < 1.29 is 28.7 Å². The standard InChI is InChI=1S/C12H8N2O2S.C11H9NO4.C4H6N2S/c1-7-6-10(17-13-7)14-11(15)8-4-2-3-5-9(8)12(14)16;1-2-16-11(15)12-9(13)7-5-3-4-6-8(7)10(12)14;1-3-2-4(5)7-6-3/h2-6H,1H3;3-6H,2H2,1H3;2H,5H2,1H3. The fourth-order valence-corrected chi connectivity index (χ4v) is 5.06. The number of nitrogen functional groups attached to an aromatic ring is 1. The van der Waals surface area contributed by atoms with E-state index in [4.69, 9.17) is 5.73 Å². The first kappa shape index (κ1) is 28.3. The molecule has 0 unspecified atom stereocenters. The molecule has 6 rings (SSSR count). The maximum absolute atomic E-state index is 12.1. The van der Waals surface area contributed by atoms with Gasteiger partial charge in [-0.05, 0) is 80.2 Å². The normalized spacial score (nSPS) is 13.3. The zero-order chi connectivity index (χ0) is 29.0. The molecule has 0 aliphatic carbocycles. The van der Waals surface area contributed by atoms with Gasteiger partial charge in [0.15, 0.2) is 0 Å². The Hall–Kier alpha value is -4.75. The Morgan fingerprint density at radius 2 is 1.23 bits per heavy atom. The first-order chi connectivity index (χ1) is 19.1. The van der Waals surface area contributed by atoms with Crippen LogP contribution in [0.1, 0.15) is 59.7 Å². The van der Waals surface area contributed by atoms with Gasteiger partial charge in [-0.2, -0.15) is 13.6 Å². The van der Waals surface area contributed by atoms with Crippen LogP contribution in [-0.2, 0) is 4.74 Å². The maximum Gasteiger partial charge on any atom is 0.424 e.